The Morgan fingerprint density at radius 1 is 1.15 bits per heavy atom. The number of amides is 1. The topological polar surface area (TPSA) is 82.0 Å². The van der Waals surface area contributed by atoms with Crippen molar-refractivity contribution in [2.75, 3.05) is 26.0 Å². The summed E-state index contributed by atoms with van der Waals surface area (Å²) < 4.78 is 48.7. The lowest BCUT2D eigenvalue weighted by molar-refractivity contribution is -0.137. The molecule has 3 aliphatic rings. The molecule has 212 valence electrons. The van der Waals surface area contributed by atoms with Crippen LogP contribution in [0.3, 0.4) is 0 Å². The van der Waals surface area contributed by atoms with Gasteiger partial charge in [0.05, 0.1) is 17.4 Å². The molecule has 3 aliphatic carbocycles. The third-order valence-corrected chi connectivity index (χ3v) is 9.26. The molecule has 0 aliphatic heterocycles. The molecule has 2 saturated carbocycles. The molecule has 0 aromatic heterocycles. The number of aryl methyl sites for hydroxylation is 1. The average molecular weight is 547 g/mol. The van der Waals surface area contributed by atoms with Crippen LogP contribution < -0.4 is 10.1 Å². The number of ether oxygens (including phenoxy) is 1. The normalized spacial score (nSPS) is 29.9. The first-order valence-electron chi connectivity index (χ1n) is 13.7. The van der Waals surface area contributed by atoms with E-state index in [2.05, 4.69) is 12.2 Å². The fraction of sp³-hybridized carbons (Fsp3) is 0.567. The van der Waals surface area contributed by atoms with Crippen LogP contribution in [0.4, 0.5) is 18.9 Å². The van der Waals surface area contributed by atoms with Gasteiger partial charge in [-0.2, -0.15) is 13.2 Å². The van der Waals surface area contributed by atoms with E-state index >= 15 is 0 Å². The number of aliphatic hydroxyl groups excluding tert-OH is 1. The van der Waals surface area contributed by atoms with Crippen molar-refractivity contribution in [1.82, 2.24) is 4.90 Å². The number of nitrogens with zero attached hydrogens (tertiary/aromatic N) is 1. The monoisotopic (exact) mass is 546 g/mol. The van der Waals surface area contributed by atoms with Crippen molar-refractivity contribution in [2.24, 2.45) is 17.3 Å². The SMILES string of the molecule is CN(C)CCC(=O)Nc1ccc(O[C@H]2C[C@]3(C)[C@@H](O)CC[C@H]3[C@@H]3CCc4cc(O)ccc4[C@H]32)cc1C(F)(F)F. The molecule has 0 unspecified atom stereocenters. The van der Waals surface area contributed by atoms with Crippen molar-refractivity contribution in [2.45, 2.75) is 69.8 Å². The Hall–Kier alpha value is -2.78. The number of phenols is 1. The van der Waals surface area contributed by atoms with Gasteiger partial charge in [-0.05, 0) is 99.5 Å². The molecule has 3 N–H and O–H groups in total. The Morgan fingerprint density at radius 2 is 1.92 bits per heavy atom. The smallest absolute Gasteiger partial charge is 0.418 e. The highest BCUT2D eigenvalue weighted by Crippen LogP contribution is 2.61. The molecule has 0 bridgehead atoms. The minimum atomic E-state index is -4.69. The standard InChI is InChI=1S/C30H37F3N2O4/c1-29-16-25(28-20-8-5-18(36)14-17(20)4-7-21(28)22(29)9-11-26(29)37)39-19-6-10-24(23(15-19)30(31,32)33)34-27(38)12-13-35(2)3/h5-6,8,10,14-15,21-22,25-26,28,36-37H,4,7,9,11-13,16H2,1-3H3,(H,34,38)/t21-,22-,25-,26-,28+,29-/m0/s1. The van der Waals surface area contributed by atoms with Crippen molar-refractivity contribution >= 4 is 11.6 Å². The molecular weight excluding hydrogens is 509 g/mol. The molecule has 0 radical (unpaired) electrons. The predicted octanol–water partition coefficient (Wildman–Crippen LogP) is 5.58. The highest BCUT2D eigenvalue weighted by atomic mass is 19.4. The van der Waals surface area contributed by atoms with Gasteiger partial charge in [-0.25, -0.2) is 0 Å². The number of alkyl halides is 3. The number of aliphatic hydroxyl groups is 1. The highest BCUT2D eigenvalue weighted by Gasteiger charge is 2.58. The van der Waals surface area contributed by atoms with Crippen molar-refractivity contribution in [3.05, 3.63) is 53.1 Å². The van der Waals surface area contributed by atoms with E-state index in [0.29, 0.717) is 25.3 Å². The van der Waals surface area contributed by atoms with E-state index in [0.717, 1.165) is 36.5 Å². The Kier molecular flexibility index (Phi) is 7.35. The fourth-order valence-electron chi connectivity index (χ4n) is 7.36. The number of rotatable bonds is 6. The van der Waals surface area contributed by atoms with E-state index in [1.807, 2.05) is 6.07 Å². The van der Waals surface area contributed by atoms with Crippen LogP contribution in [-0.2, 0) is 17.4 Å². The number of benzene rings is 2. The maximum atomic E-state index is 14.1. The molecular formula is C30H37F3N2O4. The van der Waals surface area contributed by atoms with Crippen LogP contribution >= 0.6 is 0 Å². The Balaban J connectivity index is 1.47. The average Bonchev–Trinajstić information content (AvgIpc) is 3.16. The zero-order chi connectivity index (χ0) is 28.1. The second kappa shape index (κ2) is 10.3. The van der Waals surface area contributed by atoms with E-state index in [-0.39, 0.29) is 40.9 Å². The molecule has 6 atom stereocenters. The molecule has 39 heavy (non-hydrogen) atoms. The van der Waals surface area contributed by atoms with Crippen molar-refractivity contribution in [1.29, 1.82) is 0 Å². The van der Waals surface area contributed by atoms with Crippen molar-refractivity contribution < 1.29 is 32.9 Å². The third-order valence-electron chi connectivity index (χ3n) is 9.26. The van der Waals surface area contributed by atoms with Gasteiger partial charge >= 0.3 is 6.18 Å². The van der Waals surface area contributed by atoms with E-state index in [4.69, 9.17) is 4.74 Å². The number of phenolic OH excluding ortho intramolecular Hbond substituents is 1. The number of anilines is 1. The maximum Gasteiger partial charge on any atom is 0.418 e. The van der Waals surface area contributed by atoms with Gasteiger partial charge in [0.25, 0.3) is 0 Å². The Morgan fingerprint density at radius 3 is 2.64 bits per heavy atom. The van der Waals surface area contributed by atoms with Crippen LogP contribution in [0.15, 0.2) is 36.4 Å². The summed E-state index contributed by atoms with van der Waals surface area (Å²) in [7, 11) is 3.58. The van der Waals surface area contributed by atoms with Crippen LogP contribution in [-0.4, -0.2) is 53.9 Å². The van der Waals surface area contributed by atoms with E-state index in [9.17, 15) is 28.2 Å². The van der Waals surface area contributed by atoms with Gasteiger partial charge in [-0.15, -0.1) is 0 Å². The lowest BCUT2D eigenvalue weighted by atomic mass is 9.54. The molecule has 2 aromatic rings. The van der Waals surface area contributed by atoms with E-state index < -0.39 is 29.9 Å². The summed E-state index contributed by atoms with van der Waals surface area (Å²) in [6, 6.07) is 9.05. The minimum absolute atomic E-state index is 0.0579. The maximum absolute atomic E-state index is 14.1. The number of aromatic hydroxyl groups is 1. The number of fused-ring (bicyclic) bond motifs is 5. The zero-order valence-corrected chi connectivity index (χ0v) is 22.6. The number of hydrogen-bond acceptors (Lipinski definition) is 5. The van der Waals surface area contributed by atoms with Gasteiger partial charge in [-0.3, -0.25) is 4.79 Å². The van der Waals surface area contributed by atoms with Gasteiger partial charge in [0.15, 0.2) is 0 Å². The first kappa shape index (κ1) is 27.8. The quantitative estimate of drug-likeness (QED) is 0.441. The van der Waals surface area contributed by atoms with Gasteiger partial charge < -0.3 is 25.2 Å². The molecule has 2 aromatic carbocycles. The van der Waals surface area contributed by atoms with Crippen LogP contribution in [0.5, 0.6) is 11.5 Å². The lowest BCUT2D eigenvalue weighted by Crippen LogP contribution is -2.51. The van der Waals surface area contributed by atoms with Gasteiger partial charge in [0, 0.05) is 24.3 Å². The summed E-state index contributed by atoms with van der Waals surface area (Å²) in [6.07, 6.45) is -1.72. The molecule has 0 saturated heterocycles. The van der Waals surface area contributed by atoms with Crippen molar-refractivity contribution in [3.63, 3.8) is 0 Å². The molecule has 0 heterocycles. The van der Waals surface area contributed by atoms with Crippen molar-refractivity contribution in [3.8, 4) is 11.5 Å². The zero-order valence-electron chi connectivity index (χ0n) is 22.6. The van der Waals surface area contributed by atoms with E-state index in [1.54, 1.807) is 31.1 Å². The summed E-state index contributed by atoms with van der Waals surface area (Å²) in [6.45, 7) is 2.51. The summed E-state index contributed by atoms with van der Waals surface area (Å²) in [5.41, 5.74) is 0.478. The number of carbonyl (C=O) groups excluding carboxylic acids is 1. The number of carbonyl (C=O) groups is 1. The number of nitrogens with one attached hydrogen (secondary N) is 1. The highest BCUT2D eigenvalue weighted by molar-refractivity contribution is 5.91. The summed E-state index contributed by atoms with van der Waals surface area (Å²) in [5.74, 6) is 0.245. The molecule has 0 spiro atoms. The molecule has 6 nitrogen and oxygen atoms in total. The summed E-state index contributed by atoms with van der Waals surface area (Å²) in [5, 5.41) is 23.4. The second-order valence-corrected chi connectivity index (χ2v) is 12.0. The third kappa shape index (κ3) is 5.35. The predicted molar refractivity (Wildman–Crippen MR) is 142 cm³/mol. The molecule has 5 rings (SSSR count). The largest absolute Gasteiger partial charge is 0.508 e. The Bertz CT molecular complexity index is 1230. The minimum Gasteiger partial charge on any atom is -0.508 e. The lowest BCUT2D eigenvalue weighted by Gasteiger charge is -2.53. The van der Waals surface area contributed by atoms with Gasteiger partial charge in [0.2, 0.25) is 5.91 Å². The van der Waals surface area contributed by atoms with Crippen LogP contribution in [0.1, 0.15) is 61.6 Å². The van der Waals surface area contributed by atoms with Crippen LogP contribution in [0.25, 0.3) is 0 Å². The van der Waals surface area contributed by atoms with Crippen LogP contribution in [0, 0.1) is 17.3 Å². The van der Waals surface area contributed by atoms with E-state index in [1.165, 1.54) is 12.1 Å². The first-order chi connectivity index (χ1) is 18.4. The molecule has 9 heteroatoms. The fourth-order valence-corrected chi connectivity index (χ4v) is 7.36. The number of halogens is 3. The summed E-state index contributed by atoms with van der Waals surface area (Å²) >= 11 is 0. The van der Waals surface area contributed by atoms with Gasteiger partial charge in [0.1, 0.15) is 17.6 Å². The second-order valence-electron chi connectivity index (χ2n) is 12.0. The van der Waals surface area contributed by atoms with Crippen LogP contribution in [0.2, 0.25) is 0 Å². The molecule has 1 amide bonds. The first-order valence-corrected chi connectivity index (χ1v) is 13.7. The number of hydrogen-bond donors (Lipinski definition) is 3. The molecule has 2 fully saturated rings. The Labute approximate surface area is 227 Å². The summed E-state index contributed by atoms with van der Waals surface area (Å²) in [4.78, 5) is 14.1. The van der Waals surface area contributed by atoms with Gasteiger partial charge in [-0.1, -0.05) is 13.0 Å².